The maximum absolute atomic E-state index is 9.95. The Morgan fingerprint density at radius 2 is 1.88 bits per heavy atom. The quantitative estimate of drug-likeness (QED) is 0.625. The van der Waals surface area contributed by atoms with Crippen molar-refractivity contribution in [3.63, 3.8) is 0 Å². The molecule has 2 aromatic carbocycles. The van der Waals surface area contributed by atoms with Crippen molar-refractivity contribution in [1.82, 2.24) is 5.32 Å². The van der Waals surface area contributed by atoms with Gasteiger partial charge in [0.2, 0.25) is 0 Å². The van der Waals surface area contributed by atoms with E-state index in [-0.39, 0.29) is 6.61 Å². The Kier molecular flexibility index (Phi) is 8.29. The van der Waals surface area contributed by atoms with Crippen molar-refractivity contribution >= 4 is 29.3 Å². The fourth-order valence-corrected chi connectivity index (χ4v) is 2.52. The van der Waals surface area contributed by atoms with Crippen molar-refractivity contribution in [1.29, 1.82) is 0 Å². The fraction of sp³-hybridized carbons (Fsp3) is 0.300. The third-order valence-electron chi connectivity index (χ3n) is 3.67. The van der Waals surface area contributed by atoms with Crippen LogP contribution in [0.3, 0.4) is 0 Å². The molecule has 3 nitrogen and oxygen atoms in total. The average Bonchev–Trinajstić information content (AvgIpc) is 2.63. The second kappa shape index (κ2) is 10.5. The lowest BCUT2D eigenvalue weighted by Gasteiger charge is -2.13. The number of hydrogen-bond acceptors (Lipinski definition) is 3. The zero-order valence-electron chi connectivity index (χ0n) is 14.2. The number of halogens is 2. The molecular formula is C20H23Cl2NO2. The Labute approximate surface area is 159 Å². The molecule has 25 heavy (non-hydrogen) atoms. The van der Waals surface area contributed by atoms with E-state index in [9.17, 15) is 5.11 Å². The van der Waals surface area contributed by atoms with Crippen LogP contribution in [0.25, 0.3) is 6.08 Å². The van der Waals surface area contributed by atoms with Crippen LogP contribution in [0.2, 0.25) is 10.0 Å². The van der Waals surface area contributed by atoms with Crippen LogP contribution in [0.15, 0.2) is 48.5 Å². The number of nitrogens with one attached hydrogen (secondary N) is 1. The minimum atomic E-state index is -0.566. The van der Waals surface area contributed by atoms with Crippen LogP contribution in [-0.4, -0.2) is 30.9 Å². The first-order chi connectivity index (χ1) is 12.1. The maximum atomic E-state index is 9.95. The summed E-state index contributed by atoms with van der Waals surface area (Å²) in [6.45, 7) is 3.47. The van der Waals surface area contributed by atoms with Crippen molar-refractivity contribution in [2.24, 2.45) is 0 Å². The molecule has 2 N–H and O–H groups in total. The zero-order valence-corrected chi connectivity index (χ0v) is 15.7. The third kappa shape index (κ3) is 7.09. The van der Waals surface area contributed by atoms with Gasteiger partial charge in [-0.1, -0.05) is 60.5 Å². The predicted octanol–water partition coefficient (Wildman–Crippen LogP) is 4.60. The van der Waals surface area contributed by atoms with Crippen LogP contribution in [0.5, 0.6) is 5.75 Å². The zero-order chi connectivity index (χ0) is 18.1. The SMILES string of the molecule is CCc1ccc(OCC(O)CNC/C=C/c2ccc(Cl)c(Cl)c2)cc1. The Hall–Kier alpha value is -1.52. The number of hydrogen-bond donors (Lipinski definition) is 2. The number of aryl methyl sites for hydroxylation is 1. The molecule has 0 aliphatic carbocycles. The topological polar surface area (TPSA) is 41.5 Å². The van der Waals surface area contributed by atoms with Gasteiger partial charge >= 0.3 is 0 Å². The lowest BCUT2D eigenvalue weighted by molar-refractivity contribution is 0.107. The number of aliphatic hydroxyl groups excluding tert-OH is 1. The Balaban J connectivity index is 1.65. The molecule has 1 unspecified atom stereocenters. The molecule has 0 heterocycles. The molecule has 0 aromatic heterocycles. The molecule has 0 aliphatic heterocycles. The van der Waals surface area contributed by atoms with E-state index in [4.69, 9.17) is 27.9 Å². The largest absolute Gasteiger partial charge is 0.491 e. The maximum Gasteiger partial charge on any atom is 0.119 e. The minimum absolute atomic E-state index is 0.259. The van der Waals surface area contributed by atoms with E-state index in [2.05, 4.69) is 12.2 Å². The van der Waals surface area contributed by atoms with Gasteiger partial charge in [0.1, 0.15) is 18.5 Å². The highest BCUT2D eigenvalue weighted by atomic mass is 35.5. The van der Waals surface area contributed by atoms with Gasteiger partial charge in [0.15, 0.2) is 0 Å². The van der Waals surface area contributed by atoms with Crippen LogP contribution in [0.1, 0.15) is 18.1 Å². The van der Waals surface area contributed by atoms with Gasteiger partial charge in [0, 0.05) is 13.1 Å². The predicted molar refractivity (Wildman–Crippen MR) is 106 cm³/mol. The molecule has 0 bridgehead atoms. The fourth-order valence-electron chi connectivity index (χ4n) is 2.22. The normalized spacial score (nSPS) is 12.5. The molecule has 0 saturated heterocycles. The first kappa shape index (κ1) is 19.8. The first-order valence-electron chi connectivity index (χ1n) is 8.30. The van der Waals surface area contributed by atoms with E-state index >= 15 is 0 Å². The summed E-state index contributed by atoms with van der Waals surface area (Å²) in [5.41, 5.74) is 2.25. The van der Waals surface area contributed by atoms with E-state index < -0.39 is 6.10 Å². The summed E-state index contributed by atoms with van der Waals surface area (Å²) >= 11 is 11.8. The number of aliphatic hydroxyl groups is 1. The van der Waals surface area contributed by atoms with E-state index in [1.54, 1.807) is 6.07 Å². The third-order valence-corrected chi connectivity index (χ3v) is 4.41. The van der Waals surface area contributed by atoms with Crippen LogP contribution in [0, 0.1) is 0 Å². The highest BCUT2D eigenvalue weighted by Gasteiger charge is 2.04. The molecule has 1 atom stereocenters. The lowest BCUT2D eigenvalue weighted by Crippen LogP contribution is -2.31. The molecule has 0 fully saturated rings. The average molecular weight is 380 g/mol. The summed E-state index contributed by atoms with van der Waals surface area (Å²) in [5, 5.41) is 14.2. The van der Waals surface area contributed by atoms with Gasteiger partial charge in [-0.25, -0.2) is 0 Å². The highest BCUT2D eigenvalue weighted by Crippen LogP contribution is 2.23. The Morgan fingerprint density at radius 1 is 1.12 bits per heavy atom. The van der Waals surface area contributed by atoms with Crippen LogP contribution < -0.4 is 10.1 Å². The number of ether oxygens (including phenoxy) is 1. The Bertz CT molecular complexity index is 687. The van der Waals surface area contributed by atoms with Crippen molar-refractivity contribution in [3.05, 3.63) is 69.7 Å². The van der Waals surface area contributed by atoms with Crippen LogP contribution >= 0.6 is 23.2 Å². The van der Waals surface area contributed by atoms with Gasteiger partial charge in [-0.15, -0.1) is 0 Å². The van der Waals surface area contributed by atoms with Gasteiger partial charge in [0.25, 0.3) is 0 Å². The van der Waals surface area contributed by atoms with Crippen LogP contribution in [-0.2, 0) is 6.42 Å². The molecule has 134 valence electrons. The summed E-state index contributed by atoms with van der Waals surface area (Å²) in [5.74, 6) is 0.774. The Morgan fingerprint density at radius 3 is 2.56 bits per heavy atom. The smallest absolute Gasteiger partial charge is 0.119 e. The molecule has 0 radical (unpaired) electrons. The van der Waals surface area contributed by atoms with Crippen LogP contribution in [0.4, 0.5) is 0 Å². The molecule has 2 rings (SSSR count). The second-order valence-corrected chi connectivity index (χ2v) is 6.51. The van der Waals surface area contributed by atoms with Crippen molar-refractivity contribution in [3.8, 4) is 5.75 Å². The molecule has 0 saturated carbocycles. The van der Waals surface area contributed by atoms with E-state index in [0.717, 1.165) is 17.7 Å². The van der Waals surface area contributed by atoms with Crippen molar-refractivity contribution in [2.75, 3.05) is 19.7 Å². The van der Waals surface area contributed by atoms with Gasteiger partial charge in [-0.2, -0.15) is 0 Å². The first-order valence-corrected chi connectivity index (χ1v) is 9.06. The second-order valence-electron chi connectivity index (χ2n) is 5.70. The summed E-state index contributed by atoms with van der Waals surface area (Å²) < 4.78 is 5.58. The molecule has 0 spiro atoms. The summed E-state index contributed by atoms with van der Waals surface area (Å²) in [6, 6.07) is 13.4. The molecular weight excluding hydrogens is 357 g/mol. The summed E-state index contributed by atoms with van der Waals surface area (Å²) in [4.78, 5) is 0. The van der Waals surface area contributed by atoms with E-state index in [1.807, 2.05) is 48.6 Å². The number of rotatable bonds is 9. The minimum Gasteiger partial charge on any atom is -0.491 e. The van der Waals surface area contributed by atoms with E-state index in [1.165, 1.54) is 5.56 Å². The molecule has 2 aromatic rings. The number of benzene rings is 2. The van der Waals surface area contributed by atoms with Crippen molar-refractivity contribution in [2.45, 2.75) is 19.4 Å². The van der Waals surface area contributed by atoms with Gasteiger partial charge < -0.3 is 15.2 Å². The van der Waals surface area contributed by atoms with Gasteiger partial charge in [0.05, 0.1) is 10.0 Å². The van der Waals surface area contributed by atoms with Gasteiger partial charge in [-0.3, -0.25) is 0 Å². The highest BCUT2D eigenvalue weighted by molar-refractivity contribution is 6.42. The molecule has 0 amide bonds. The van der Waals surface area contributed by atoms with E-state index in [0.29, 0.717) is 23.1 Å². The monoisotopic (exact) mass is 379 g/mol. The molecule has 0 aliphatic rings. The standard InChI is InChI=1S/C20H23Cl2NO2/c1-2-15-5-8-18(9-6-15)25-14-17(24)13-23-11-3-4-16-7-10-19(21)20(22)12-16/h3-10,12,17,23-24H,2,11,13-14H2,1H3/b4-3+. The van der Waals surface area contributed by atoms with Gasteiger partial charge in [-0.05, 0) is 41.8 Å². The lowest BCUT2D eigenvalue weighted by atomic mass is 10.2. The summed E-state index contributed by atoms with van der Waals surface area (Å²) in [7, 11) is 0. The van der Waals surface area contributed by atoms with Crippen molar-refractivity contribution < 1.29 is 9.84 Å². The summed E-state index contributed by atoms with van der Waals surface area (Å²) in [6.07, 6.45) is 4.36. The molecule has 5 heteroatoms.